The van der Waals surface area contributed by atoms with E-state index in [2.05, 4.69) is 10.6 Å². The first-order chi connectivity index (χ1) is 11.8. The van der Waals surface area contributed by atoms with Crippen molar-refractivity contribution in [2.75, 3.05) is 10.6 Å². The van der Waals surface area contributed by atoms with Gasteiger partial charge in [0, 0.05) is 17.6 Å². The minimum Gasteiger partial charge on any atom is -0.508 e. The third kappa shape index (κ3) is 4.39. The average molecular weight is 335 g/mol. The highest BCUT2D eigenvalue weighted by molar-refractivity contribution is 6.07. The number of anilines is 2. The molecule has 0 aliphatic heterocycles. The lowest BCUT2D eigenvalue weighted by molar-refractivity contribution is -0.112. The van der Waals surface area contributed by atoms with E-state index in [1.165, 1.54) is 12.3 Å². The highest BCUT2D eigenvalue weighted by Crippen LogP contribution is 2.23. The van der Waals surface area contributed by atoms with E-state index in [9.17, 15) is 15.2 Å². The van der Waals surface area contributed by atoms with Gasteiger partial charge in [-0.1, -0.05) is 17.7 Å². The number of benzene rings is 2. The molecule has 0 aromatic heterocycles. The fraction of sp³-hybridized carbons (Fsp3) is 0.200. The molecule has 128 valence electrons. The van der Waals surface area contributed by atoms with Crippen molar-refractivity contribution in [1.82, 2.24) is 0 Å². The Morgan fingerprint density at radius 2 is 1.72 bits per heavy atom. The van der Waals surface area contributed by atoms with E-state index in [-0.39, 0.29) is 11.3 Å². The molecule has 3 N–H and O–H groups in total. The van der Waals surface area contributed by atoms with Crippen molar-refractivity contribution < 1.29 is 9.90 Å². The number of phenols is 1. The maximum atomic E-state index is 12.4. The van der Waals surface area contributed by atoms with Gasteiger partial charge in [0.2, 0.25) is 0 Å². The van der Waals surface area contributed by atoms with Gasteiger partial charge in [0.1, 0.15) is 17.4 Å². The summed E-state index contributed by atoms with van der Waals surface area (Å²) in [7, 11) is 0. The number of aryl methyl sites for hydroxylation is 4. The molecule has 0 atom stereocenters. The molecule has 0 aliphatic rings. The second-order valence-electron chi connectivity index (χ2n) is 6.04. The van der Waals surface area contributed by atoms with Crippen LogP contribution < -0.4 is 10.6 Å². The van der Waals surface area contributed by atoms with Crippen LogP contribution in [-0.4, -0.2) is 11.0 Å². The number of nitrogens with zero attached hydrogens (tertiary/aromatic N) is 1. The van der Waals surface area contributed by atoms with E-state index >= 15 is 0 Å². The van der Waals surface area contributed by atoms with Crippen LogP contribution in [0, 0.1) is 39.0 Å². The number of rotatable bonds is 4. The summed E-state index contributed by atoms with van der Waals surface area (Å²) in [5, 5.41) is 24.5. The Balaban J connectivity index is 2.20. The Kier molecular flexibility index (Phi) is 5.45. The fourth-order valence-electron chi connectivity index (χ4n) is 2.67. The maximum absolute atomic E-state index is 12.4. The van der Waals surface area contributed by atoms with Gasteiger partial charge in [-0.3, -0.25) is 4.79 Å². The number of phenolic OH excluding ortho intramolecular Hbond substituents is 1. The number of carbonyl (C=O) groups is 1. The van der Waals surface area contributed by atoms with Gasteiger partial charge < -0.3 is 15.7 Å². The molecule has 0 aliphatic carbocycles. The van der Waals surface area contributed by atoms with Crippen LogP contribution in [0.25, 0.3) is 0 Å². The lowest BCUT2D eigenvalue weighted by atomic mass is 10.0. The van der Waals surface area contributed by atoms with Crippen LogP contribution in [0.1, 0.15) is 22.3 Å². The summed E-state index contributed by atoms with van der Waals surface area (Å²) in [6.07, 6.45) is 1.37. The van der Waals surface area contributed by atoms with Crippen LogP contribution in [0.4, 0.5) is 11.4 Å². The first-order valence-electron chi connectivity index (χ1n) is 7.87. The van der Waals surface area contributed by atoms with Crippen molar-refractivity contribution in [2.24, 2.45) is 0 Å². The molecule has 5 heteroatoms. The summed E-state index contributed by atoms with van der Waals surface area (Å²) in [5.41, 5.74) is 5.22. The van der Waals surface area contributed by atoms with Crippen LogP contribution >= 0.6 is 0 Å². The lowest BCUT2D eigenvalue weighted by Gasteiger charge is -2.12. The molecule has 2 rings (SSSR count). The second-order valence-corrected chi connectivity index (χ2v) is 6.04. The predicted octanol–water partition coefficient (Wildman–Crippen LogP) is 4.08. The topological polar surface area (TPSA) is 85.2 Å². The molecule has 5 nitrogen and oxygen atoms in total. The molecule has 2 aromatic rings. The maximum Gasteiger partial charge on any atom is 0.267 e. The summed E-state index contributed by atoms with van der Waals surface area (Å²) in [6.45, 7) is 7.66. The summed E-state index contributed by atoms with van der Waals surface area (Å²) >= 11 is 0. The van der Waals surface area contributed by atoms with Gasteiger partial charge in [0.15, 0.2) is 0 Å². The van der Waals surface area contributed by atoms with Gasteiger partial charge in [-0.15, -0.1) is 0 Å². The van der Waals surface area contributed by atoms with Gasteiger partial charge in [-0.2, -0.15) is 5.26 Å². The van der Waals surface area contributed by atoms with Gasteiger partial charge in [0.25, 0.3) is 5.91 Å². The molecule has 0 unspecified atom stereocenters. The van der Waals surface area contributed by atoms with Crippen molar-refractivity contribution in [1.29, 1.82) is 5.26 Å². The molecule has 0 heterocycles. The SMILES string of the molecule is Cc1cc(C)c(NC(=O)/C(C#N)=C\Nc2ccc(O)cc2C)c(C)c1. The Morgan fingerprint density at radius 3 is 2.28 bits per heavy atom. The molecule has 1 amide bonds. The normalized spacial score (nSPS) is 10.9. The van der Waals surface area contributed by atoms with Crippen LogP contribution in [0.15, 0.2) is 42.1 Å². The molecule has 0 saturated carbocycles. The predicted molar refractivity (Wildman–Crippen MR) is 99.4 cm³/mol. The fourth-order valence-corrected chi connectivity index (χ4v) is 2.67. The lowest BCUT2D eigenvalue weighted by Crippen LogP contribution is -2.16. The number of hydrogen-bond donors (Lipinski definition) is 3. The van der Waals surface area contributed by atoms with Gasteiger partial charge in [0.05, 0.1) is 0 Å². The molecular weight excluding hydrogens is 314 g/mol. The van der Waals surface area contributed by atoms with Crippen LogP contribution in [0.2, 0.25) is 0 Å². The number of nitrogens with one attached hydrogen (secondary N) is 2. The first-order valence-corrected chi connectivity index (χ1v) is 7.87. The zero-order valence-electron chi connectivity index (χ0n) is 14.8. The smallest absolute Gasteiger partial charge is 0.267 e. The summed E-state index contributed by atoms with van der Waals surface area (Å²) in [4.78, 5) is 12.4. The van der Waals surface area contributed by atoms with Gasteiger partial charge >= 0.3 is 0 Å². The van der Waals surface area contributed by atoms with Crippen molar-refractivity contribution in [2.45, 2.75) is 27.7 Å². The minimum absolute atomic E-state index is 0.0353. The van der Waals surface area contributed by atoms with Crippen molar-refractivity contribution in [3.63, 3.8) is 0 Å². The highest BCUT2D eigenvalue weighted by atomic mass is 16.3. The molecule has 2 aromatic carbocycles. The number of amides is 1. The summed E-state index contributed by atoms with van der Waals surface area (Å²) in [5.74, 6) is -0.308. The third-order valence-electron chi connectivity index (χ3n) is 3.86. The summed E-state index contributed by atoms with van der Waals surface area (Å²) < 4.78 is 0. The first kappa shape index (κ1) is 18.1. The largest absolute Gasteiger partial charge is 0.508 e. The van der Waals surface area contributed by atoms with Crippen LogP contribution in [0.5, 0.6) is 5.75 Å². The van der Waals surface area contributed by atoms with E-state index in [1.54, 1.807) is 12.1 Å². The molecule has 25 heavy (non-hydrogen) atoms. The zero-order chi connectivity index (χ0) is 18.6. The zero-order valence-corrected chi connectivity index (χ0v) is 14.8. The Bertz CT molecular complexity index is 869. The van der Waals surface area contributed by atoms with Crippen molar-refractivity contribution >= 4 is 17.3 Å². The van der Waals surface area contributed by atoms with Crippen LogP contribution in [0.3, 0.4) is 0 Å². The van der Waals surface area contributed by atoms with Gasteiger partial charge in [-0.05, 0) is 62.6 Å². The third-order valence-corrected chi connectivity index (χ3v) is 3.86. The molecule has 0 bridgehead atoms. The van der Waals surface area contributed by atoms with E-state index in [1.807, 2.05) is 45.9 Å². The monoisotopic (exact) mass is 335 g/mol. The quantitative estimate of drug-likeness (QED) is 0.446. The number of aromatic hydroxyl groups is 1. The molecule has 0 spiro atoms. The Morgan fingerprint density at radius 1 is 1.08 bits per heavy atom. The average Bonchev–Trinajstić information content (AvgIpc) is 2.53. The highest BCUT2D eigenvalue weighted by Gasteiger charge is 2.13. The number of carbonyl (C=O) groups excluding carboxylic acids is 1. The van der Waals surface area contributed by atoms with Gasteiger partial charge in [-0.25, -0.2) is 0 Å². The van der Waals surface area contributed by atoms with E-state index in [0.717, 1.165) is 27.9 Å². The Hall–Kier alpha value is -3.26. The molecular formula is C20H21N3O2. The van der Waals surface area contributed by atoms with E-state index in [4.69, 9.17) is 0 Å². The summed E-state index contributed by atoms with van der Waals surface area (Å²) in [6, 6.07) is 10.7. The Labute approximate surface area is 147 Å². The standard InChI is InChI=1S/C20H21N3O2/c1-12-7-14(3)19(15(4)8-12)23-20(25)16(10-21)11-22-18-6-5-17(24)9-13(18)2/h5-9,11,22,24H,1-4H3,(H,23,25)/b16-11-. The molecule has 0 fully saturated rings. The van der Waals surface area contributed by atoms with Crippen molar-refractivity contribution in [3.8, 4) is 11.8 Å². The van der Waals surface area contributed by atoms with Crippen molar-refractivity contribution in [3.05, 3.63) is 64.4 Å². The van der Waals surface area contributed by atoms with Crippen LogP contribution in [-0.2, 0) is 4.79 Å². The van der Waals surface area contributed by atoms with E-state index in [0.29, 0.717) is 5.69 Å². The van der Waals surface area contributed by atoms with E-state index < -0.39 is 5.91 Å². The number of nitriles is 1. The minimum atomic E-state index is -0.471. The molecule has 0 radical (unpaired) electrons. The number of hydrogen-bond acceptors (Lipinski definition) is 4. The second kappa shape index (κ2) is 7.54. The molecule has 0 saturated heterocycles.